The van der Waals surface area contributed by atoms with E-state index in [0.29, 0.717) is 21.2 Å². The molecule has 0 fully saturated rings. The maximum absolute atomic E-state index is 12.8. The summed E-state index contributed by atoms with van der Waals surface area (Å²) in [5.41, 5.74) is 0.999. The number of carbonyl (C=O) groups is 2. The highest BCUT2D eigenvalue weighted by atomic mass is 32.2. The first-order chi connectivity index (χ1) is 23.9. The van der Waals surface area contributed by atoms with Gasteiger partial charge >= 0.3 is 7.60 Å². The predicted octanol–water partition coefficient (Wildman–Crippen LogP) is 5.24. The van der Waals surface area contributed by atoms with Gasteiger partial charge in [-0.2, -0.15) is 4.72 Å². The van der Waals surface area contributed by atoms with Crippen LogP contribution in [-0.4, -0.2) is 62.6 Å². The van der Waals surface area contributed by atoms with E-state index in [9.17, 15) is 22.6 Å². The second kappa shape index (κ2) is 15.0. The zero-order valence-electron chi connectivity index (χ0n) is 26.4. The minimum Gasteiger partial charge on any atom is -0.488 e. The number of amides is 2. The Hall–Kier alpha value is -4.82. The van der Waals surface area contributed by atoms with Crippen LogP contribution in [0.15, 0.2) is 107 Å². The summed E-state index contributed by atoms with van der Waals surface area (Å²) in [6.45, 7) is 0.418. The van der Waals surface area contributed by atoms with E-state index in [1.807, 2.05) is 65.4 Å². The first-order valence-corrected chi connectivity index (χ1v) is 19.5. The van der Waals surface area contributed by atoms with Crippen molar-refractivity contribution in [3.05, 3.63) is 114 Å². The second-order valence-corrected chi connectivity index (χ2v) is 15.9. The van der Waals surface area contributed by atoms with Crippen molar-refractivity contribution in [1.82, 2.24) is 15.4 Å². The maximum Gasteiger partial charge on any atom is 0.340 e. The fourth-order valence-electron chi connectivity index (χ4n) is 5.14. The largest absolute Gasteiger partial charge is 0.488 e. The van der Waals surface area contributed by atoms with Crippen molar-refractivity contribution in [2.24, 2.45) is 0 Å². The number of sulfonamides is 1. The van der Waals surface area contributed by atoms with E-state index in [4.69, 9.17) is 19.3 Å². The molecule has 258 valence electrons. The fourth-order valence-corrected chi connectivity index (χ4v) is 8.60. The van der Waals surface area contributed by atoms with Crippen molar-refractivity contribution in [3.8, 4) is 11.5 Å². The van der Waals surface area contributed by atoms with Crippen LogP contribution in [0, 0.1) is 0 Å². The van der Waals surface area contributed by atoms with E-state index in [0.717, 1.165) is 32.9 Å². The molecule has 0 spiro atoms. The standard InChI is InChI=1S/C35H32N3O9PS2/c39-34(27-11-9-23-5-1-3-7-25(23)17-27)36-13-15-46-30-19-29-20-33(50(44,45)38-22-48(41,42)43)49-32(29)21-31(30)47-16-14-37-35(40)28-12-10-24-6-2-4-8-26(24)18-28/h1-12,17-21,38H,13-16,22H2,(H,36,39)(H,37,40)(H2,41,42,43). The normalized spacial score (nSPS) is 11.9. The smallest absolute Gasteiger partial charge is 0.340 e. The number of hydrogen-bond acceptors (Lipinski definition) is 8. The van der Waals surface area contributed by atoms with Gasteiger partial charge in [-0.05, 0) is 63.3 Å². The van der Waals surface area contributed by atoms with E-state index >= 15 is 0 Å². The summed E-state index contributed by atoms with van der Waals surface area (Å²) >= 11 is 0.885. The molecule has 0 unspecified atom stereocenters. The highest BCUT2D eigenvalue weighted by molar-refractivity contribution is 7.92. The summed E-state index contributed by atoms with van der Waals surface area (Å²) in [6.07, 6.45) is -1.04. The Balaban J connectivity index is 1.13. The average molecular weight is 734 g/mol. The fraction of sp³-hybridized carbons (Fsp3) is 0.143. The molecule has 0 saturated heterocycles. The lowest BCUT2D eigenvalue weighted by Gasteiger charge is -2.14. The van der Waals surface area contributed by atoms with Crippen molar-refractivity contribution in [2.45, 2.75) is 4.21 Å². The molecular formula is C35H32N3O9PS2. The van der Waals surface area contributed by atoms with Crippen LogP contribution >= 0.6 is 18.9 Å². The molecule has 1 aromatic heterocycles. The summed E-state index contributed by atoms with van der Waals surface area (Å²) in [7, 11) is -8.85. The van der Waals surface area contributed by atoms with E-state index < -0.39 is 23.9 Å². The molecule has 0 bridgehead atoms. The number of benzene rings is 5. The third-order valence-corrected chi connectivity index (χ3v) is 11.4. The summed E-state index contributed by atoms with van der Waals surface area (Å²) in [5, 5.41) is 10.1. The minimum absolute atomic E-state index is 0.0546. The van der Waals surface area contributed by atoms with E-state index in [1.165, 1.54) is 6.07 Å². The lowest BCUT2D eigenvalue weighted by atomic mass is 10.1. The van der Waals surface area contributed by atoms with Crippen LogP contribution in [0.25, 0.3) is 31.6 Å². The van der Waals surface area contributed by atoms with Crippen molar-refractivity contribution in [2.75, 3.05) is 32.6 Å². The third-order valence-electron chi connectivity index (χ3n) is 7.60. The highest BCUT2D eigenvalue weighted by Gasteiger charge is 2.23. The van der Waals surface area contributed by atoms with Crippen LogP contribution in [-0.2, 0) is 14.6 Å². The Labute approximate surface area is 291 Å². The monoisotopic (exact) mass is 733 g/mol. The van der Waals surface area contributed by atoms with Gasteiger partial charge in [0.15, 0.2) is 11.5 Å². The number of carbonyl (C=O) groups excluding carboxylic acids is 2. The van der Waals surface area contributed by atoms with Gasteiger partial charge in [-0.25, -0.2) is 8.42 Å². The van der Waals surface area contributed by atoms with Crippen molar-refractivity contribution in [3.63, 3.8) is 0 Å². The molecule has 5 aromatic carbocycles. The second-order valence-electron chi connectivity index (χ2n) is 11.2. The molecule has 1 heterocycles. The molecule has 12 nitrogen and oxygen atoms in total. The van der Waals surface area contributed by atoms with E-state index in [1.54, 1.807) is 36.4 Å². The number of hydrogen-bond donors (Lipinski definition) is 5. The lowest BCUT2D eigenvalue weighted by Crippen LogP contribution is -2.28. The van der Waals surface area contributed by atoms with Crippen LogP contribution in [0.5, 0.6) is 11.5 Å². The number of rotatable bonds is 14. The topological polar surface area (TPSA) is 180 Å². The molecule has 0 aliphatic carbocycles. The van der Waals surface area contributed by atoms with Gasteiger partial charge in [-0.1, -0.05) is 60.7 Å². The van der Waals surface area contributed by atoms with E-state index in [-0.39, 0.29) is 53.8 Å². The van der Waals surface area contributed by atoms with Gasteiger partial charge in [0.25, 0.3) is 21.8 Å². The summed E-state index contributed by atoms with van der Waals surface area (Å²) in [6, 6.07) is 30.8. The molecule has 6 rings (SSSR count). The van der Waals surface area contributed by atoms with Gasteiger partial charge in [0.1, 0.15) is 23.7 Å². The quantitative estimate of drug-likeness (QED) is 0.0740. The molecule has 0 saturated carbocycles. The number of fused-ring (bicyclic) bond motifs is 3. The number of ether oxygens (including phenoxy) is 2. The Morgan fingerprint density at radius 3 is 1.68 bits per heavy atom. The molecule has 50 heavy (non-hydrogen) atoms. The Morgan fingerprint density at radius 1 is 0.660 bits per heavy atom. The summed E-state index contributed by atoms with van der Waals surface area (Å²) in [4.78, 5) is 43.9. The maximum atomic E-state index is 12.8. The molecule has 0 aliphatic heterocycles. The van der Waals surface area contributed by atoms with Gasteiger partial charge in [0.05, 0.1) is 13.1 Å². The summed E-state index contributed by atoms with van der Waals surface area (Å²) in [5.74, 6) is -0.0104. The first-order valence-electron chi connectivity index (χ1n) is 15.4. The van der Waals surface area contributed by atoms with Crippen LogP contribution in [0.3, 0.4) is 0 Å². The van der Waals surface area contributed by atoms with Crippen molar-refractivity contribution in [1.29, 1.82) is 0 Å². The van der Waals surface area contributed by atoms with Crippen LogP contribution in [0.1, 0.15) is 20.7 Å². The van der Waals surface area contributed by atoms with Crippen molar-refractivity contribution < 1.29 is 41.8 Å². The zero-order chi connectivity index (χ0) is 35.3. The predicted molar refractivity (Wildman–Crippen MR) is 193 cm³/mol. The molecule has 6 aromatic rings. The Bertz CT molecular complexity index is 2240. The van der Waals surface area contributed by atoms with Gasteiger partial charge < -0.3 is 29.9 Å². The van der Waals surface area contributed by atoms with Crippen molar-refractivity contribution >= 4 is 72.4 Å². The van der Waals surface area contributed by atoms with Crippen LogP contribution in [0.2, 0.25) is 0 Å². The van der Waals surface area contributed by atoms with Crippen LogP contribution in [0.4, 0.5) is 0 Å². The highest BCUT2D eigenvalue weighted by Crippen LogP contribution is 2.39. The van der Waals surface area contributed by atoms with Gasteiger partial charge in [0.2, 0.25) is 0 Å². The molecular weight excluding hydrogens is 702 g/mol. The van der Waals surface area contributed by atoms with Crippen LogP contribution < -0.4 is 24.8 Å². The SMILES string of the molecule is O=C(NCCOc1cc2cc(S(=O)(=O)NCP(=O)(O)O)sc2cc1OCCNC(=O)c1ccc2ccccc2c1)c1ccc2ccccc2c1. The average Bonchev–Trinajstić information content (AvgIpc) is 3.54. The number of nitrogens with one attached hydrogen (secondary N) is 3. The summed E-state index contributed by atoms with van der Waals surface area (Å²) < 4.78 is 51.0. The molecule has 0 aliphatic rings. The number of thiophene rings is 1. The Kier molecular flexibility index (Phi) is 10.5. The van der Waals surface area contributed by atoms with Gasteiger partial charge in [-0.3, -0.25) is 14.2 Å². The lowest BCUT2D eigenvalue weighted by molar-refractivity contribution is 0.0937. The Morgan fingerprint density at radius 2 is 1.16 bits per heavy atom. The first kappa shape index (κ1) is 35.0. The molecule has 5 N–H and O–H groups in total. The van der Waals surface area contributed by atoms with Gasteiger partial charge in [-0.15, -0.1) is 11.3 Å². The third kappa shape index (κ3) is 8.66. The molecule has 0 radical (unpaired) electrons. The molecule has 2 amide bonds. The molecule has 15 heteroatoms. The minimum atomic E-state index is -4.63. The molecule has 0 atom stereocenters. The zero-order valence-corrected chi connectivity index (χ0v) is 28.9. The van der Waals surface area contributed by atoms with Gasteiger partial charge in [0, 0.05) is 21.9 Å². The van der Waals surface area contributed by atoms with E-state index in [2.05, 4.69) is 10.6 Å².